The van der Waals surface area contributed by atoms with Crippen LogP contribution < -0.4 is 0 Å². The number of ether oxygens (including phenoxy) is 1. The van der Waals surface area contributed by atoms with Gasteiger partial charge in [0.2, 0.25) is 0 Å². The summed E-state index contributed by atoms with van der Waals surface area (Å²) in [4.78, 5) is 28.0. The van der Waals surface area contributed by atoms with Crippen molar-refractivity contribution in [1.29, 1.82) is 0 Å². The van der Waals surface area contributed by atoms with E-state index >= 15 is 0 Å². The Morgan fingerprint density at radius 2 is 2.11 bits per heavy atom. The monoisotopic (exact) mass is 255 g/mol. The number of carbonyl (C=O) groups excluding carboxylic acids is 2. The zero-order valence-corrected chi connectivity index (χ0v) is 11.3. The van der Waals surface area contributed by atoms with E-state index in [-0.39, 0.29) is 11.9 Å². The van der Waals surface area contributed by atoms with Crippen LogP contribution in [0.1, 0.15) is 52.9 Å². The summed E-state index contributed by atoms with van der Waals surface area (Å²) < 4.78 is 5.05. The van der Waals surface area contributed by atoms with Gasteiger partial charge in [-0.05, 0) is 39.5 Å². The summed E-state index contributed by atoms with van der Waals surface area (Å²) in [5, 5.41) is 3.86. The van der Waals surface area contributed by atoms with Gasteiger partial charge in [-0.3, -0.25) is 4.79 Å². The molecule has 0 amide bonds. The molecular formula is C13H21NO4. The second-order valence-electron chi connectivity index (χ2n) is 4.66. The molecule has 1 aliphatic carbocycles. The minimum absolute atomic E-state index is 0.284. The molecule has 18 heavy (non-hydrogen) atoms. The minimum Gasteiger partial charge on any atom is -0.465 e. The van der Waals surface area contributed by atoms with Crippen LogP contribution in [-0.4, -0.2) is 24.3 Å². The van der Waals surface area contributed by atoms with E-state index in [1.807, 2.05) is 6.92 Å². The lowest BCUT2D eigenvalue weighted by Gasteiger charge is -2.21. The normalized spacial score (nSPS) is 25.2. The van der Waals surface area contributed by atoms with Gasteiger partial charge in [0.05, 0.1) is 12.3 Å². The molecule has 0 radical (unpaired) electrons. The summed E-state index contributed by atoms with van der Waals surface area (Å²) >= 11 is 0. The Labute approximate surface area is 108 Å². The van der Waals surface area contributed by atoms with Gasteiger partial charge in [-0.15, -0.1) is 0 Å². The first-order valence-electron chi connectivity index (χ1n) is 6.49. The Hall–Kier alpha value is -1.39. The molecule has 0 unspecified atom stereocenters. The molecule has 1 saturated carbocycles. The van der Waals surface area contributed by atoms with Crippen LogP contribution in [-0.2, 0) is 19.2 Å². The van der Waals surface area contributed by atoms with E-state index in [9.17, 15) is 9.59 Å². The average molecular weight is 255 g/mol. The van der Waals surface area contributed by atoms with Crippen LogP contribution in [0.2, 0.25) is 0 Å². The van der Waals surface area contributed by atoms with Crippen molar-refractivity contribution in [1.82, 2.24) is 0 Å². The Morgan fingerprint density at radius 3 is 2.72 bits per heavy atom. The highest BCUT2D eigenvalue weighted by molar-refractivity contribution is 6.07. The predicted molar refractivity (Wildman–Crippen MR) is 67.0 cm³/mol. The maximum absolute atomic E-state index is 11.9. The summed E-state index contributed by atoms with van der Waals surface area (Å²) in [7, 11) is 0. The molecule has 0 aromatic heterocycles. The second kappa shape index (κ2) is 6.52. The first-order chi connectivity index (χ1) is 8.54. The molecule has 1 rings (SSSR count). The van der Waals surface area contributed by atoms with Gasteiger partial charge in [-0.25, -0.2) is 4.79 Å². The fourth-order valence-electron chi connectivity index (χ4n) is 2.04. The lowest BCUT2D eigenvalue weighted by Crippen LogP contribution is -2.34. The first kappa shape index (κ1) is 14.7. The van der Waals surface area contributed by atoms with Crippen molar-refractivity contribution in [3.05, 3.63) is 0 Å². The Balaban J connectivity index is 2.71. The molecular weight excluding hydrogens is 234 g/mol. The maximum atomic E-state index is 11.9. The Kier molecular flexibility index (Phi) is 5.31. The fraction of sp³-hybridized carbons (Fsp3) is 0.769. The van der Waals surface area contributed by atoms with Crippen molar-refractivity contribution in [3.63, 3.8) is 0 Å². The molecule has 102 valence electrons. The highest BCUT2D eigenvalue weighted by Gasteiger charge is 2.44. The summed E-state index contributed by atoms with van der Waals surface area (Å²) in [6.07, 6.45) is 3.29. The lowest BCUT2D eigenvalue weighted by molar-refractivity contribution is -0.151. The van der Waals surface area contributed by atoms with Crippen molar-refractivity contribution in [3.8, 4) is 0 Å². The number of rotatable bonds is 5. The van der Waals surface area contributed by atoms with Crippen molar-refractivity contribution in [2.24, 2.45) is 10.6 Å². The fourth-order valence-corrected chi connectivity index (χ4v) is 2.04. The largest absolute Gasteiger partial charge is 0.465 e. The lowest BCUT2D eigenvalue weighted by atomic mass is 9.87. The van der Waals surface area contributed by atoms with Crippen LogP contribution in [0.15, 0.2) is 5.16 Å². The molecule has 0 aromatic rings. The molecule has 0 spiro atoms. The average Bonchev–Trinajstić information content (AvgIpc) is 2.70. The first-order valence-corrected chi connectivity index (χ1v) is 6.49. The number of hydrogen-bond donors (Lipinski definition) is 0. The Morgan fingerprint density at radius 1 is 1.39 bits per heavy atom. The highest BCUT2D eigenvalue weighted by atomic mass is 16.7. The highest BCUT2D eigenvalue weighted by Crippen LogP contribution is 2.36. The number of oxime groups is 1. The van der Waals surface area contributed by atoms with E-state index < -0.39 is 5.41 Å². The van der Waals surface area contributed by atoms with Crippen LogP contribution in [0.5, 0.6) is 0 Å². The van der Waals surface area contributed by atoms with Gasteiger partial charge < -0.3 is 9.57 Å². The van der Waals surface area contributed by atoms with Crippen molar-refractivity contribution in [2.45, 2.75) is 52.9 Å². The van der Waals surface area contributed by atoms with Gasteiger partial charge in [0.15, 0.2) is 0 Å². The SMILES string of the molecule is CCCC(=O)O/N=C1/CCC[C@]1(C)C(=O)OCC. The summed E-state index contributed by atoms with van der Waals surface area (Å²) in [5.41, 5.74) is -0.118. The number of hydrogen-bond acceptors (Lipinski definition) is 5. The smallest absolute Gasteiger partial charge is 0.334 e. The van der Waals surface area contributed by atoms with Crippen molar-refractivity contribution in [2.75, 3.05) is 6.61 Å². The molecule has 5 heteroatoms. The van der Waals surface area contributed by atoms with Gasteiger partial charge in [0.25, 0.3) is 0 Å². The maximum Gasteiger partial charge on any atom is 0.334 e. The van der Waals surface area contributed by atoms with Gasteiger partial charge >= 0.3 is 11.9 Å². The molecule has 0 heterocycles. The van der Waals surface area contributed by atoms with Gasteiger partial charge in [0, 0.05) is 6.42 Å². The van der Waals surface area contributed by atoms with Crippen molar-refractivity contribution >= 4 is 17.7 Å². The minimum atomic E-state index is -0.734. The van der Waals surface area contributed by atoms with E-state index in [1.165, 1.54) is 0 Å². The van der Waals surface area contributed by atoms with E-state index in [4.69, 9.17) is 9.57 Å². The Bertz CT molecular complexity index is 351. The third-order valence-corrected chi connectivity index (χ3v) is 3.17. The van der Waals surface area contributed by atoms with Crippen LogP contribution in [0.25, 0.3) is 0 Å². The standard InChI is InChI=1S/C13H21NO4/c1-4-7-11(15)18-14-10-8-6-9-13(10,3)12(16)17-5-2/h4-9H2,1-3H3/b14-10-/t13-/m0/s1. The summed E-state index contributed by atoms with van der Waals surface area (Å²) in [6, 6.07) is 0. The molecule has 1 atom stereocenters. The molecule has 1 fully saturated rings. The van der Waals surface area contributed by atoms with E-state index in [0.29, 0.717) is 31.6 Å². The van der Waals surface area contributed by atoms with Crippen LogP contribution in [0.3, 0.4) is 0 Å². The van der Waals surface area contributed by atoms with Gasteiger partial charge in [0.1, 0.15) is 5.41 Å². The van der Waals surface area contributed by atoms with Crippen LogP contribution in [0.4, 0.5) is 0 Å². The van der Waals surface area contributed by atoms with Crippen LogP contribution >= 0.6 is 0 Å². The molecule has 0 saturated heterocycles. The van der Waals surface area contributed by atoms with E-state index in [1.54, 1.807) is 13.8 Å². The third kappa shape index (κ3) is 3.31. The third-order valence-electron chi connectivity index (χ3n) is 3.17. The number of esters is 1. The predicted octanol–water partition coefficient (Wildman–Crippen LogP) is 2.44. The molecule has 0 aromatic carbocycles. The zero-order chi connectivity index (χ0) is 13.6. The quantitative estimate of drug-likeness (QED) is 0.430. The molecule has 5 nitrogen and oxygen atoms in total. The molecule has 0 aliphatic heterocycles. The number of carbonyl (C=O) groups is 2. The van der Waals surface area contributed by atoms with Gasteiger partial charge in [-0.2, -0.15) is 0 Å². The second-order valence-corrected chi connectivity index (χ2v) is 4.66. The molecule has 0 N–H and O–H groups in total. The molecule has 0 bridgehead atoms. The van der Waals surface area contributed by atoms with E-state index in [0.717, 1.165) is 12.8 Å². The molecule has 1 aliphatic rings. The van der Waals surface area contributed by atoms with Crippen molar-refractivity contribution < 1.29 is 19.2 Å². The summed E-state index contributed by atoms with van der Waals surface area (Å²) in [5.74, 6) is -0.643. The van der Waals surface area contributed by atoms with Crippen LogP contribution in [0, 0.1) is 5.41 Å². The van der Waals surface area contributed by atoms with E-state index in [2.05, 4.69) is 5.16 Å². The summed E-state index contributed by atoms with van der Waals surface area (Å²) in [6.45, 7) is 5.81. The zero-order valence-electron chi connectivity index (χ0n) is 11.3. The van der Waals surface area contributed by atoms with Gasteiger partial charge in [-0.1, -0.05) is 12.1 Å². The number of nitrogens with zero attached hydrogens (tertiary/aromatic N) is 1. The topological polar surface area (TPSA) is 65.0 Å².